The lowest BCUT2D eigenvalue weighted by molar-refractivity contribution is -0.118. The van der Waals surface area contributed by atoms with Crippen molar-refractivity contribution in [2.45, 2.75) is 6.92 Å². The first-order chi connectivity index (χ1) is 12.5. The third kappa shape index (κ3) is 5.49. The maximum atomic E-state index is 11.9. The summed E-state index contributed by atoms with van der Waals surface area (Å²) in [6.07, 6.45) is 1.48. The minimum atomic E-state index is -0.444. The number of ether oxygens (including phenoxy) is 1. The number of rotatable bonds is 6. The van der Waals surface area contributed by atoms with Gasteiger partial charge >= 0.3 is 0 Å². The van der Waals surface area contributed by atoms with Crippen LogP contribution in [0.5, 0.6) is 5.75 Å². The molecule has 0 aromatic heterocycles. The van der Waals surface area contributed by atoms with Crippen molar-refractivity contribution < 1.29 is 14.3 Å². The van der Waals surface area contributed by atoms with Crippen LogP contribution in [0.1, 0.15) is 11.1 Å². The van der Waals surface area contributed by atoms with Crippen LogP contribution >= 0.6 is 0 Å². The molecule has 0 bridgehead atoms. The molecule has 6 nitrogen and oxygen atoms in total. The number of hydrogen-bond donors (Lipinski definition) is 2. The molecule has 0 saturated heterocycles. The SMILES string of the molecule is CNC(=O)/C(C#N)=C/c1ccc(OCC(=O)Nc2ccc(C)cc2)cc1. The number of hydrogen-bond acceptors (Lipinski definition) is 4. The zero-order chi connectivity index (χ0) is 18.9. The minimum Gasteiger partial charge on any atom is -0.484 e. The average molecular weight is 349 g/mol. The molecule has 2 amide bonds. The molecule has 0 heterocycles. The molecule has 26 heavy (non-hydrogen) atoms. The van der Waals surface area contributed by atoms with Gasteiger partial charge in [-0.2, -0.15) is 5.26 Å². The Hall–Kier alpha value is -3.59. The summed E-state index contributed by atoms with van der Waals surface area (Å²) < 4.78 is 5.44. The maximum absolute atomic E-state index is 11.9. The molecule has 0 aliphatic heterocycles. The van der Waals surface area contributed by atoms with E-state index in [4.69, 9.17) is 10.00 Å². The van der Waals surface area contributed by atoms with Gasteiger partial charge in [0.25, 0.3) is 11.8 Å². The molecule has 0 radical (unpaired) electrons. The van der Waals surface area contributed by atoms with E-state index in [2.05, 4.69) is 10.6 Å². The summed E-state index contributed by atoms with van der Waals surface area (Å²) in [5.41, 5.74) is 2.52. The standard InChI is InChI=1S/C20H19N3O3/c1-14-3-7-17(8-4-14)23-19(24)13-26-18-9-5-15(6-10-18)11-16(12-21)20(25)22-2/h3-11H,13H2,1-2H3,(H,22,25)(H,23,24)/b16-11+. The van der Waals surface area contributed by atoms with Gasteiger partial charge < -0.3 is 15.4 Å². The molecular formula is C20H19N3O3. The van der Waals surface area contributed by atoms with E-state index in [1.54, 1.807) is 24.3 Å². The Morgan fingerprint density at radius 1 is 1.12 bits per heavy atom. The summed E-state index contributed by atoms with van der Waals surface area (Å²) in [5, 5.41) is 14.1. The highest BCUT2D eigenvalue weighted by atomic mass is 16.5. The lowest BCUT2D eigenvalue weighted by Gasteiger charge is -2.08. The fourth-order valence-corrected chi connectivity index (χ4v) is 2.09. The van der Waals surface area contributed by atoms with Crippen LogP contribution < -0.4 is 15.4 Å². The van der Waals surface area contributed by atoms with Crippen molar-refractivity contribution in [3.63, 3.8) is 0 Å². The van der Waals surface area contributed by atoms with Gasteiger partial charge in [0.2, 0.25) is 0 Å². The molecule has 2 rings (SSSR count). The van der Waals surface area contributed by atoms with Crippen molar-refractivity contribution >= 4 is 23.6 Å². The first kappa shape index (κ1) is 18.7. The number of nitrogens with zero attached hydrogens (tertiary/aromatic N) is 1. The van der Waals surface area contributed by atoms with Crippen molar-refractivity contribution in [1.82, 2.24) is 5.32 Å². The molecule has 0 spiro atoms. The predicted molar refractivity (Wildman–Crippen MR) is 99.4 cm³/mol. The average Bonchev–Trinajstić information content (AvgIpc) is 2.66. The van der Waals surface area contributed by atoms with Gasteiger partial charge in [-0.05, 0) is 42.8 Å². The molecule has 132 valence electrons. The first-order valence-electron chi connectivity index (χ1n) is 7.95. The van der Waals surface area contributed by atoms with Gasteiger partial charge in [-0.1, -0.05) is 29.8 Å². The molecule has 0 saturated carbocycles. The van der Waals surface area contributed by atoms with Gasteiger partial charge in [-0.3, -0.25) is 9.59 Å². The topological polar surface area (TPSA) is 91.2 Å². The van der Waals surface area contributed by atoms with Gasteiger partial charge in [0.15, 0.2) is 6.61 Å². The lowest BCUT2D eigenvalue weighted by Crippen LogP contribution is -2.20. The number of nitrogens with one attached hydrogen (secondary N) is 2. The summed E-state index contributed by atoms with van der Waals surface area (Å²) in [6, 6.07) is 16.1. The van der Waals surface area contributed by atoms with Gasteiger partial charge in [-0.15, -0.1) is 0 Å². The van der Waals surface area contributed by atoms with E-state index in [1.807, 2.05) is 37.3 Å². The minimum absolute atomic E-state index is 0.0126. The van der Waals surface area contributed by atoms with Crippen LogP contribution in [0.15, 0.2) is 54.1 Å². The second-order valence-corrected chi connectivity index (χ2v) is 5.52. The zero-order valence-corrected chi connectivity index (χ0v) is 14.6. The zero-order valence-electron chi connectivity index (χ0n) is 14.6. The van der Waals surface area contributed by atoms with Crippen molar-refractivity contribution in [1.29, 1.82) is 5.26 Å². The second-order valence-electron chi connectivity index (χ2n) is 5.52. The lowest BCUT2D eigenvalue weighted by atomic mass is 10.1. The Balaban J connectivity index is 1.91. The number of likely N-dealkylation sites (N-methyl/N-ethyl adjacent to an activating group) is 1. The molecule has 6 heteroatoms. The molecule has 0 fully saturated rings. The van der Waals surface area contributed by atoms with Crippen molar-refractivity contribution in [3.8, 4) is 11.8 Å². The summed E-state index contributed by atoms with van der Waals surface area (Å²) in [7, 11) is 1.46. The van der Waals surface area contributed by atoms with E-state index in [0.29, 0.717) is 17.0 Å². The summed E-state index contributed by atoms with van der Waals surface area (Å²) in [6.45, 7) is 1.85. The van der Waals surface area contributed by atoms with Crippen LogP contribution in [-0.2, 0) is 9.59 Å². The van der Waals surface area contributed by atoms with Crippen LogP contribution in [0.2, 0.25) is 0 Å². The summed E-state index contributed by atoms with van der Waals surface area (Å²) in [4.78, 5) is 23.4. The highest BCUT2D eigenvalue weighted by Crippen LogP contribution is 2.15. The predicted octanol–water partition coefficient (Wildman–Crippen LogP) is 2.67. The largest absolute Gasteiger partial charge is 0.484 e. The number of nitriles is 1. The first-order valence-corrected chi connectivity index (χ1v) is 7.95. The molecule has 2 N–H and O–H groups in total. The third-order valence-electron chi connectivity index (χ3n) is 3.49. The normalized spacial score (nSPS) is 10.6. The number of aryl methyl sites for hydroxylation is 1. The number of carbonyl (C=O) groups excluding carboxylic acids is 2. The Bertz CT molecular complexity index is 847. The van der Waals surface area contributed by atoms with Crippen LogP contribution in [0.3, 0.4) is 0 Å². The van der Waals surface area contributed by atoms with Gasteiger partial charge in [0.1, 0.15) is 17.4 Å². The van der Waals surface area contributed by atoms with E-state index in [-0.39, 0.29) is 18.1 Å². The van der Waals surface area contributed by atoms with Crippen LogP contribution in [0.4, 0.5) is 5.69 Å². The molecule has 0 atom stereocenters. The fraction of sp³-hybridized carbons (Fsp3) is 0.150. The van der Waals surface area contributed by atoms with Crippen LogP contribution in [0.25, 0.3) is 6.08 Å². The van der Waals surface area contributed by atoms with Gasteiger partial charge in [0.05, 0.1) is 0 Å². The highest BCUT2D eigenvalue weighted by Gasteiger charge is 2.07. The Kier molecular flexibility index (Phi) is 6.52. The molecule has 2 aromatic carbocycles. The third-order valence-corrected chi connectivity index (χ3v) is 3.49. The Labute approximate surface area is 152 Å². The van der Waals surface area contributed by atoms with E-state index in [0.717, 1.165) is 5.56 Å². The van der Waals surface area contributed by atoms with Crippen LogP contribution in [-0.4, -0.2) is 25.5 Å². The summed E-state index contributed by atoms with van der Waals surface area (Å²) >= 11 is 0. The summed E-state index contributed by atoms with van der Waals surface area (Å²) in [5.74, 6) is -0.190. The van der Waals surface area contributed by atoms with Gasteiger partial charge in [-0.25, -0.2) is 0 Å². The van der Waals surface area contributed by atoms with E-state index in [1.165, 1.54) is 13.1 Å². The molecule has 0 unspecified atom stereocenters. The fourth-order valence-electron chi connectivity index (χ4n) is 2.09. The smallest absolute Gasteiger partial charge is 0.262 e. The maximum Gasteiger partial charge on any atom is 0.262 e. The number of benzene rings is 2. The number of carbonyl (C=O) groups is 2. The van der Waals surface area contributed by atoms with Gasteiger partial charge in [0, 0.05) is 12.7 Å². The Morgan fingerprint density at radius 2 is 1.77 bits per heavy atom. The van der Waals surface area contributed by atoms with E-state index < -0.39 is 5.91 Å². The van der Waals surface area contributed by atoms with Crippen molar-refractivity contribution in [2.24, 2.45) is 0 Å². The quantitative estimate of drug-likeness (QED) is 0.619. The van der Waals surface area contributed by atoms with Crippen molar-refractivity contribution in [3.05, 3.63) is 65.2 Å². The molecule has 2 aromatic rings. The molecule has 0 aliphatic rings. The number of anilines is 1. The van der Waals surface area contributed by atoms with Crippen molar-refractivity contribution in [2.75, 3.05) is 19.0 Å². The molecule has 0 aliphatic carbocycles. The highest BCUT2D eigenvalue weighted by molar-refractivity contribution is 6.01. The number of amides is 2. The second kappa shape index (κ2) is 9.04. The van der Waals surface area contributed by atoms with E-state index in [9.17, 15) is 9.59 Å². The monoisotopic (exact) mass is 349 g/mol. The Morgan fingerprint density at radius 3 is 2.35 bits per heavy atom. The molecular weight excluding hydrogens is 330 g/mol. The van der Waals surface area contributed by atoms with E-state index >= 15 is 0 Å². The van der Waals surface area contributed by atoms with Crippen LogP contribution in [0, 0.1) is 18.3 Å².